The van der Waals surface area contributed by atoms with E-state index in [9.17, 15) is 0 Å². The van der Waals surface area contributed by atoms with Gasteiger partial charge in [-0.3, -0.25) is 0 Å². The molecule has 0 radical (unpaired) electrons. The second-order valence-corrected chi connectivity index (χ2v) is 5.52. The molecule has 0 saturated carbocycles. The number of para-hydroxylation sites is 1. The predicted octanol–water partition coefficient (Wildman–Crippen LogP) is 4.59. The molecule has 1 heteroatoms. The molecule has 0 spiro atoms. The lowest BCUT2D eigenvalue weighted by molar-refractivity contribution is 0.614. The summed E-state index contributed by atoms with van der Waals surface area (Å²) in [7, 11) is 0. The second kappa shape index (κ2) is 5.08. The van der Waals surface area contributed by atoms with E-state index in [0.29, 0.717) is 12.0 Å². The monoisotopic (exact) mass is 251 g/mol. The average Bonchev–Trinajstić information content (AvgIpc) is 2.46. The molecule has 19 heavy (non-hydrogen) atoms. The minimum Gasteiger partial charge on any atom is -0.382 e. The van der Waals surface area contributed by atoms with E-state index in [1.54, 1.807) is 0 Å². The van der Waals surface area contributed by atoms with Gasteiger partial charge in [0.1, 0.15) is 0 Å². The van der Waals surface area contributed by atoms with E-state index >= 15 is 0 Å². The van der Waals surface area contributed by atoms with E-state index in [-0.39, 0.29) is 0 Å². The third-order valence-corrected chi connectivity index (χ3v) is 4.12. The van der Waals surface area contributed by atoms with Gasteiger partial charge >= 0.3 is 0 Å². The summed E-state index contributed by atoms with van der Waals surface area (Å²) in [4.78, 5) is 0. The number of hydrogen-bond acceptors (Lipinski definition) is 1. The zero-order chi connectivity index (χ0) is 13.2. The highest BCUT2D eigenvalue weighted by Crippen LogP contribution is 2.38. The van der Waals surface area contributed by atoms with Crippen molar-refractivity contribution in [1.82, 2.24) is 0 Å². The fraction of sp³-hybridized carbons (Fsp3) is 0.333. The zero-order valence-corrected chi connectivity index (χ0v) is 11.7. The fourth-order valence-corrected chi connectivity index (χ4v) is 3.04. The average molecular weight is 251 g/mol. The normalized spacial score (nSPS) is 21.6. The van der Waals surface area contributed by atoms with Crippen LogP contribution in [0.25, 0.3) is 0 Å². The first kappa shape index (κ1) is 12.3. The lowest BCUT2D eigenvalue weighted by Crippen LogP contribution is -2.25. The van der Waals surface area contributed by atoms with Gasteiger partial charge in [0.2, 0.25) is 0 Å². The molecule has 2 aromatic rings. The van der Waals surface area contributed by atoms with Crippen LogP contribution in [-0.4, -0.2) is 6.04 Å². The Hall–Kier alpha value is -1.76. The van der Waals surface area contributed by atoms with Gasteiger partial charge < -0.3 is 5.32 Å². The van der Waals surface area contributed by atoms with E-state index < -0.39 is 0 Å². The molecule has 0 saturated heterocycles. The SMILES string of the molecule is CCc1ccc(C2CC(C)Nc3ccccc32)cc1. The summed E-state index contributed by atoms with van der Waals surface area (Å²) in [5, 5.41) is 3.58. The van der Waals surface area contributed by atoms with Crippen molar-refractivity contribution in [3.8, 4) is 0 Å². The third kappa shape index (κ3) is 2.37. The van der Waals surface area contributed by atoms with Gasteiger partial charge in [-0.15, -0.1) is 0 Å². The van der Waals surface area contributed by atoms with Crippen molar-refractivity contribution >= 4 is 5.69 Å². The van der Waals surface area contributed by atoms with Crippen molar-refractivity contribution < 1.29 is 0 Å². The largest absolute Gasteiger partial charge is 0.382 e. The Morgan fingerprint density at radius 3 is 2.53 bits per heavy atom. The molecule has 2 aromatic carbocycles. The maximum absolute atomic E-state index is 3.58. The summed E-state index contributed by atoms with van der Waals surface area (Å²) in [6.45, 7) is 4.47. The van der Waals surface area contributed by atoms with E-state index in [2.05, 4.69) is 67.7 Å². The smallest absolute Gasteiger partial charge is 0.0381 e. The van der Waals surface area contributed by atoms with E-state index in [0.717, 1.165) is 6.42 Å². The summed E-state index contributed by atoms with van der Waals surface area (Å²) < 4.78 is 0. The van der Waals surface area contributed by atoms with Crippen LogP contribution in [0.3, 0.4) is 0 Å². The van der Waals surface area contributed by atoms with Crippen LogP contribution >= 0.6 is 0 Å². The highest BCUT2D eigenvalue weighted by atomic mass is 14.9. The minimum absolute atomic E-state index is 0.526. The van der Waals surface area contributed by atoms with Crippen LogP contribution in [0.5, 0.6) is 0 Å². The molecular weight excluding hydrogens is 230 g/mol. The van der Waals surface area contributed by atoms with Gasteiger partial charge in [-0.1, -0.05) is 49.4 Å². The molecule has 0 aromatic heterocycles. The van der Waals surface area contributed by atoms with Crippen LogP contribution in [0.4, 0.5) is 5.69 Å². The van der Waals surface area contributed by atoms with Gasteiger partial charge in [-0.2, -0.15) is 0 Å². The van der Waals surface area contributed by atoms with E-state index in [1.165, 1.54) is 28.8 Å². The Balaban J connectivity index is 1.99. The summed E-state index contributed by atoms with van der Waals surface area (Å²) >= 11 is 0. The third-order valence-electron chi connectivity index (χ3n) is 4.12. The first-order valence-electron chi connectivity index (χ1n) is 7.22. The van der Waals surface area contributed by atoms with Gasteiger partial charge in [0.25, 0.3) is 0 Å². The molecule has 2 unspecified atom stereocenters. The van der Waals surface area contributed by atoms with Crippen LogP contribution < -0.4 is 5.32 Å². The Morgan fingerprint density at radius 1 is 1.05 bits per heavy atom. The lowest BCUT2D eigenvalue weighted by atomic mass is 9.82. The fourth-order valence-electron chi connectivity index (χ4n) is 3.04. The van der Waals surface area contributed by atoms with Crippen LogP contribution in [0.1, 0.15) is 42.9 Å². The van der Waals surface area contributed by atoms with Crippen LogP contribution in [-0.2, 0) is 6.42 Å². The zero-order valence-electron chi connectivity index (χ0n) is 11.7. The van der Waals surface area contributed by atoms with Gasteiger partial charge in [0.05, 0.1) is 0 Å². The van der Waals surface area contributed by atoms with Crippen LogP contribution in [0.2, 0.25) is 0 Å². The van der Waals surface area contributed by atoms with Crippen molar-refractivity contribution in [1.29, 1.82) is 0 Å². The molecule has 0 amide bonds. The Bertz CT molecular complexity index is 556. The topological polar surface area (TPSA) is 12.0 Å². The van der Waals surface area contributed by atoms with Gasteiger partial charge in [0, 0.05) is 17.6 Å². The highest BCUT2D eigenvalue weighted by Gasteiger charge is 2.24. The molecule has 0 bridgehead atoms. The molecule has 1 heterocycles. The number of fused-ring (bicyclic) bond motifs is 1. The number of anilines is 1. The first-order chi connectivity index (χ1) is 9.28. The maximum atomic E-state index is 3.58. The molecule has 0 fully saturated rings. The molecule has 2 atom stereocenters. The Kier molecular flexibility index (Phi) is 3.29. The summed E-state index contributed by atoms with van der Waals surface area (Å²) in [6.07, 6.45) is 2.28. The van der Waals surface area contributed by atoms with Crippen molar-refractivity contribution in [2.24, 2.45) is 0 Å². The van der Waals surface area contributed by atoms with Gasteiger partial charge in [-0.25, -0.2) is 0 Å². The lowest BCUT2D eigenvalue weighted by Gasteiger charge is -2.31. The quantitative estimate of drug-likeness (QED) is 0.823. The van der Waals surface area contributed by atoms with Crippen molar-refractivity contribution in [3.63, 3.8) is 0 Å². The molecule has 0 aliphatic carbocycles. The molecular formula is C18H21N. The molecule has 3 rings (SSSR count). The standard InChI is InChI=1S/C18H21N/c1-3-14-8-10-15(11-9-14)17-12-13(2)19-18-7-5-4-6-16(17)18/h4-11,13,17,19H,3,12H2,1-2H3. The number of aryl methyl sites for hydroxylation is 1. The van der Waals surface area contributed by atoms with Crippen LogP contribution in [0, 0.1) is 0 Å². The summed E-state index contributed by atoms with van der Waals surface area (Å²) in [5.41, 5.74) is 5.59. The number of hydrogen-bond donors (Lipinski definition) is 1. The Morgan fingerprint density at radius 2 is 1.79 bits per heavy atom. The molecule has 1 aliphatic heterocycles. The van der Waals surface area contributed by atoms with Gasteiger partial charge in [-0.05, 0) is 42.5 Å². The Labute approximate surface area is 115 Å². The van der Waals surface area contributed by atoms with Crippen molar-refractivity contribution in [2.75, 3.05) is 5.32 Å². The maximum Gasteiger partial charge on any atom is 0.0381 e. The second-order valence-electron chi connectivity index (χ2n) is 5.52. The van der Waals surface area contributed by atoms with Crippen molar-refractivity contribution in [2.45, 2.75) is 38.6 Å². The molecule has 98 valence electrons. The predicted molar refractivity (Wildman–Crippen MR) is 81.8 cm³/mol. The molecule has 1 N–H and O–H groups in total. The van der Waals surface area contributed by atoms with Crippen LogP contribution in [0.15, 0.2) is 48.5 Å². The molecule has 1 nitrogen and oxygen atoms in total. The highest BCUT2D eigenvalue weighted by molar-refractivity contribution is 5.58. The summed E-state index contributed by atoms with van der Waals surface area (Å²) in [6, 6.07) is 18.4. The number of benzene rings is 2. The summed E-state index contributed by atoms with van der Waals surface area (Å²) in [5.74, 6) is 0.526. The minimum atomic E-state index is 0.526. The number of rotatable bonds is 2. The first-order valence-corrected chi connectivity index (χ1v) is 7.22. The van der Waals surface area contributed by atoms with E-state index in [4.69, 9.17) is 0 Å². The van der Waals surface area contributed by atoms with Crippen molar-refractivity contribution in [3.05, 3.63) is 65.2 Å². The van der Waals surface area contributed by atoms with Gasteiger partial charge in [0.15, 0.2) is 0 Å². The number of nitrogens with one attached hydrogen (secondary N) is 1. The molecule has 1 aliphatic rings. The van der Waals surface area contributed by atoms with E-state index in [1.807, 2.05) is 0 Å².